The fourth-order valence-electron chi connectivity index (χ4n) is 10.2. The first-order valence-electron chi connectivity index (χ1n) is 35.5. The Morgan fingerprint density at radius 2 is 0.586 bits per heavy atom. The summed E-state index contributed by atoms with van der Waals surface area (Å²) in [6.45, 7) is 9.46. The largest absolute Gasteiger partial charge is 0.472 e. The van der Waals surface area contributed by atoms with E-state index < -0.39 is 97.5 Å². The van der Waals surface area contributed by atoms with E-state index in [1.807, 2.05) is 0 Å². The molecule has 0 saturated heterocycles. The van der Waals surface area contributed by atoms with E-state index in [9.17, 15) is 43.2 Å². The standard InChI is InChI=1S/C68H132O17P2/c1-7-10-12-14-16-17-18-21-25-28-32-39-45-51-66(71)79-57-63(84-67(72)52-46-40-33-29-26-23-20-19-22-24-27-31-36-42-48-60(4)5)58-82-86(74,75)80-54-62(69)55-81-87(76,77)83-59-64(56-78-65(70)50-44-38-30-15-13-11-8-2)85-68(73)53-47-41-35-34-37-43-49-61(6)9-3/h60-64,69H,7-59H2,1-6H3,(H,74,75)(H,76,77)/t61?,62-,63-,64-/m1/s1. The highest BCUT2D eigenvalue weighted by molar-refractivity contribution is 7.47. The molecule has 0 aliphatic rings. The molecular formula is C68H132O17P2. The van der Waals surface area contributed by atoms with Crippen LogP contribution in [0.2, 0.25) is 0 Å². The van der Waals surface area contributed by atoms with Gasteiger partial charge in [-0.15, -0.1) is 0 Å². The summed E-state index contributed by atoms with van der Waals surface area (Å²) in [4.78, 5) is 72.3. The Balaban J connectivity index is 5.20. The van der Waals surface area contributed by atoms with Crippen LogP contribution < -0.4 is 0 Å². The van der Waals surface area contributed by atoms with E-state index in [1.54, 1.807) is 0 Å². The van der Waals surface area contributed by atoms with E-state index in [0.717, 1.165) is 115 Å². The van der Waals surface area contributed by atoms with E-state index >= 15 is 0 Å². The molecule has 0 heterocycles. The lowest BCUT2D eigenvalue weighted by Gasteiger charge is -2.21. The molecule has 0 saturated carbocycles. The molecule has 3 N–H and O–H groups in total. The molecule has 19 heteroatoms. The summed E-state index contributed by atoms with van der Waals surface area (Å²) in [6.07, 6.45) is 44.6. The molecule has 3 unspecified atom stereocenters. The molecule has 17 nitrogen and oxygen atoms in total. The van der Waals surface area contributed by atoms with E-state index in [4.69, 9.17) is 37.0 Å². The Bertz CT molecular complexity index is 1700. The van der Waals surface area contributed by atoms with Crippen molar-refractivity contribution in [2.24, 2.45) is 11.8 Å². The number of phosphoric ester groups is 2. The van der Waals surface area contributed by atoms with Gasteiger partial charge >= 0.3 is 39.5 Å². The maximum atomic E-state index is 13.0. The normalized spacial score (nSPS) is 14.5. The number of ether oxygens (including phenoxy) is 4. The highest BCUT2D eigenvalue weighted by Gasteiger charge is 2.30. The molecule has 0 aromatic heterocycles. The van der Waals surface area contributed by atoms with Gasteiger partial charge in [-0.1, -0.05) is 292 Å². The van der Waals surface area contributed by atoms with E-state index in [2.05, 4.69) is 41.5 Å². The van der Waals surface area contributed by atoms with Crippen molar-refractivity contribution in [1.29, 1.82) is 0 Å². The molecule has 0 amide bonds. The molecule has 0 aliphatic carbocycles. The third kappa shape index (κ3) is 61.3. The lowest BCUT2D eigenvalue weighted by Crippen LogP contribution is -2.30. The summed E-state index contributed by atoms with van der Waals surface area (Å²) < 4.78 is 68.1. The first-order chi connectivity index (χ1) is 41.9. The minimum atomic E-state index is -4.95. The summed E-state index contributed by atoms with van der Waals surface area (Å²) in [7, 11) is -9.89. The number of carbonyl (C=O) groups is 4. The minimum absolute atomic E-state index is 0.103. The second-order valence-corrected chi connectivity index (χ2v) is 28.2. The van der Waals surface area contributed by atoms with Gasteiger partial charge < -0.3 is 33.8 Å². The maximum absolute atomic E-state index is 13.0. The van der Waals surface area contributed by atoms with Crippen LogP contribution in [-0.2, 0) is 65.4 Å². The predicted octanol–water partition coefficient (Wildman–Crippen LogP) is 19.2. The number of aliphatic hydroxyl groups excluding tert-OH is 1. The molecular weight excluding hydrogens is 1150 g/mol. The summed E-state index contributed by atoms with van der Waals surface area (Å²) in [5.41, 5.74) is 0. The van der Waals surface area contributed by atoms with Crippen molar-refractivity contribution in [3.63, 3.8) is 0 Å². The van der Waals surface area contributed by atoms with Gasteiger partial charge in [0.15, 0.2) is 12.2 Å². The molecule has 87 heavy (non-hydrogen) atoms. The maximum Gasteiger partial charge on any atom is 0.472 e. The van der Waals surface area contributed by atoms with Crippen molar-refractivity contribution in [2.45, 2.75) is 362 Å². The second kappa shape index (κ2) is 60.3. The Labute approximate surface area is 530 Å². The van der Waals surface area contributed by atoms with E-state index in [-0.39, 0.29) is 25.7 Å². The highest BCUT2D eigenvalue weighted by atomic mass is 31.2. The van der Waals surface area contributed by atoms with Crippen LogP contribution in [-0.4, -0.2) is 96.7 Å². The topological polar surface area (TPSA) is 237 Å². The van der Waals surface area contributed by atoms with Crippen molar-refractivity contribution < 1.29 is 80.2 Å². The third-order valence-corrected chi connectivity index (χ3v) is 18.0. The van der Waals surface area contributed by atoms with Gasteiger partial charge in [-0.3, -0.25) is 37.3 Å². The first-order valence-corrected chi connectivity index (χ1v) is 38.5. The van der Waals surface area contributed by atoms with Gasteiger partial charge in [0.25, 0.3) is 0 Å². The van der Waals surface area contributed by atoms with Crippen LogP contribution in [0.4, 0.5) is 0 Å². The van der Waals surface area contributed by atoms with Gasteiger partial charge in [-0.25, -0.2) is 9.13 Å². The molecule has 0 radical (unpaired) electrons. The zero-order valence-electron chi connectivity index (χ0n) is 56.3. The molecule has 0 spiro atoms. The first kappa shape index (κ1) is 85.1. The van der Waals surface area contributed by atoms with Crippen LogP contribution in [0.5, 0.6) is 0 Å². The SMILES string of the molecule is CCCCCCCCCCCCCCCC(=O)OC[C@H](COP(=O)(O)OC[C@@H](O)COP(=O)(O)OC[C@@H](COC(=O)CCCCCCCCC)OC(=O)CCCCCCCCC(C)CC)OC(=O)CCCCCCCCCCCCCCCCC(C)C. The molecule has 516 valence electrons. The Hall–Kier alpha value is -1.94. The summed E-state index contributed by atoms with van der Waals surface area (Å²) in [5.74, 6) is -0.617. The molecule has 0 fully saturated rings. The Morgan fingerprint density at radius 1 is 0.333 bits per heavy atom. The molecule has 0 aliphatic heterocycles. The fraction of sp³-hybridized carbons (Fsp3) is 0.941. The molecule has 0 bridgehead atoms. The van der Waals surface area contributed by atoms with Gasteiger partial charge in [-0.05, 0) is 37.5 Å². The monoisotopic (exact) mass is 1280 g/mol. The van der Waals surface area contributed by atoms with E-state index in [1.165, 1.54) is 148 Å². The number of rotatable bonds is 67. The smallest absolute Gasteiger partial charge is 0.462 e. The number of hydrogen-bond donors (Lipinski definition) is 3. The van der Waals surface area contributed by atoms with Gasteiger partial charge in [0, 0.05) is 25.7 Å². The molecule has 0 aromatic carbocycles. The third-order valence-electron chi connectivity index (χ3n) is 16.1. The van der Waals surface area contributed by atoms with Crippen molar-refractivity contribution in [2.75, 3.05) is 39.6 Å². The summed E-state index contributed by atoms with van der Waals surface area (Å²) >= 11 is 0. The van der Waals surface area contributed by atoms with Crippen LogP contribution in [0.15, 0.2) is 0 Å². The van der Waals surface area contributed by atoms with Crippen LogP contribution in [0.1, 0.15) is 343 Å². The highest BCUT2D eigenvalue weighted by Crippen LogP contribution is 2.45. The zero-order valence-corrected chi connectivity index (χ0v) is 58.1. The van der Waals surface area contributed by atoms with Crippen molar-refractivity contribution in [3.05, 3.63) is 0 Å². The van der Waals surface area contributed by atoms with Gasteiger partial charge in [0.1, 0.15) is 19.3 Å². The molecule has 0 aromatic rings. The average molecular weight is 1280 g/mol. The number of phosphoric acid groups is 2. The van der Waals surface area contributed by atoms with Crippen molar-refractivity contribution in [3.8, 4) is 0 Å². The second-order valence-electron chi connectivity index (χ2n) is 25.3. The average Bonchev–Trinajstić information content (AvgIpc) is 3.50. The van der Waals surface area contributed by atoms with Crippen molar-refractivity contribution in [1.82, 2.24) is 0 Å². The van der Waals surface area contributed by atoms with Gasteiger partial charge in [-0.2, -0.15) is 0 Å². The predicted molar refractivity (Wildman–Crippen MR) is 349 cm³/mol. The number of carbonyl (C=O) groups excluding carboxylic acids is 4. The van der Waals surface area contributed by atoms with Gasteiger partial charge in [0.05, 0.1) is 26.4 Å². The number of hydrogen-bond acceptors (Lipinski definition) is 15. The quantitative estimate of drug-likeness (QED) is 0.0222. The Morgan fingerprint density at radius 3 is 0.874 bits per heavy atom. The Kier molecular flexibility index (Phi) is 59.0. The van der Waals surface area contributed by atoms with E-state index in [0.29, 0.717) is 25.7 Å². The number of aliphatic hydroxyl groups is 1. The van der Waals surface area contributed by atoms with Crippen LogP contribution >= 0.6 is 15.6 Å². The van der Waals surface area contributed by atoms with Crippen LogP contribution in [0, 0.1) is 11.8 Å². The lowest BCUT2D eigenvalue weighted by atomic mass is 10.00. The molecule has 0 rings (SSSR count). The minimum Gasteiger partial charge on any atom is -0.462 e. The van der Waals surface area contributed by atoms with Crippen LogP contribution in [0.3, 0.4) is 0 Å². The molecule has 6 atom stereocenters. The number of unbranched alkanes of at least 4 members (excludes halogenated alkanes) is 36. The lowest BCUT2D eigenvalue weighted by molar-refractivity contribution is -0.161. The fourth-order valence-corrected chi connectivity index (χ4v) is 11.8. The van der Waals surface area contributed by atoms with Crippen LogP contribution in [0.25, 0.3) is 0 Å². The summed E-state index contributed by atoms with van der Waals surface area (Å²) in [6, 6.07) is 0. The van der Waals surface area contributed by atoms with Crippen molar-refractivity contribution >= 4 is 39.5 Å². The number of esters is 4. The van der Waals surface area contributed by atoms with Gasteiger partial charge in [0.2, 0.25) is 0 Å². The zero-order chi connectivity index (χ0) is 64.3. The summed E-state index contributed by atoms with van der Waals surface area (Å²) in [5, 5.41) is 10.6.